The van der Waals surface area contributed by atoms with Crippen LogP contribution in [0.4, 0.5) is 0 Å². The maximum Gasteiger partial charge on any atom is 0.243 e. The van der Waals surface area contributed by atoms with Gasteiger partial charge in [0.05, 0.1) is 10.6 Å². The van der Waals surface area contributed by atoms with Crippen LogP contribution in [0.1, 0.15) is 59.5 Å². The lowest BCUT2D eigenvalue weighted by Gasteiger charge is -2.35. The molecule has 8 heteroatoms. The van der Waals surface area contributed by atoms with E-state index in [9.17, 15) is 13.2 Å². The van der Waals surface area contributed by atoms with Crippen molar-refractivity contribution in [3.05, 3.63) is 45.3 Å². The molecular formula is C26H40N4O3S. The molecule has 0 aliphatic carbocycles. The maximum atomic E-state index is 13.5. The van der Waals surface area contributed by atoms with E-state index in [1.807, 2.05) is 45.4 Å². The number of benzene rings is 1. The fourth-order valence-electron chi connectivity index (χ4n) is 4.88. The molecule has 1 fully saturated rings. The number of hydrogen-bond acceptors (Lipinski definition) is 4. The Morgan fingerprint density at radius 3 is 2.06 bits per heavy atom. The minimum absolute atomic E-state index is 0.0752. The minimum Gasteiger partial charge on any atom is -0.340 e. The first-order valence-corrected chi connectivity index (χ1v) is 13.7. The van der Waals surface area contributed by atoms with E-state index in [1.54, 1.807) is 4.90 Å². The van der Waals surface area contributed by atoms with Crippen molar-refractivity contribution in [3.63, 3.8) is 0 Å². The van der Waals surface area contributed by atoms with E-state index in [0.717, 1.165) is 45.7 Å². The summed E-state index contributed by atoms with van der Waals surface area (Å²) >= 11 is 0. The van der Waals surface area contributed by atoms with Crippen molar-refractivity contribution in [1.29, 1.82) is 0 Å². The predicted molar refractivity (Wildman–Crippen MR) is 136 cm³/mol. The molecule has 0 unspecified atom stereocenters. The summed E-state index contributed by atoms with van der Waals surface area (Å²) in [5.41, 5.74) is 6.86. The molecule has 1 saturated heterocycles. The molecule has 1 aliphatic heterocycles. The van der Waals surface area contributed by atoms with Gasteiger partial charge in [-0.25, -0.2) is 8.42 Å². The standard InChI is InChI=1S/C26H40N4O3S/c1-17(2)16-30-23(8)24(22(7)27-30)9-10-25(31)28-11-13-29(14-12-28)34(32,33)26-20(5)18(3)15-19(4)21(26)6/h15,17H,9-14,16H2,1-8H3. The number of hydrogen-bond donors (Lipinski definition) is 0. The van der Waals surface area contributed by atoms with Gasteiger partial charge in [0, 0.05) is 44.8 Å². The van der Waals surface area contributed by atoms with Crippen molar-refractivity contribution >= 4 is 15.9 Å². The number of sulfonamides is 1. The number of aryl methyl sites for hydroxylation is 3. The summed E-state index contributed by atoms with van der Waals surface area (Å²) in [7, 11) is -3.61. The Kier molecular flexibility index (Phi) is 7.92. The zero-order valence-electron chi connectivity index (χ0n) is 22.0. The van der Waals surface area contributed by atoms with Crippen LogP contribution in [0.3, 0.4) is 0 Å². The summed E-state index contributed by atoms with van der Waals surface area (Å²) < 4.78 is 30.6. The van der Waals surface area contributed by atoms with Gasteiger partial charge >= 0.3 is 0 Å². The molecule has 2 aromatic rings. The molecular weight excluding hydrogens is 448 g/mol. The predicted octanol–water partition coefficient (Wildman–Crippen LogP) is 3.86. The molecule has 0 spiro atoms. The van der Waals surface area contributed by atoms with Gasteiger partial charge in [-0.3, -0.25) is 9.48 Å². The molecule has 1 aliphatic rings. The summed E-state index contributed by atoms with van der Waals surface area (Å²) in [6.45, 7) is 18.4. The van der Waals surface area contributed by atoms with Crippen molar-refractivity contribution in [2.45, 2.75) is 79.7 Å². The van der Waals surface area contributed by atoms with E-state index in [-0.39, 0.29) is 5.91 Å². The molecule has 0 radical (unpaired) electrons. The Hall–Kier alpha value is -2.19. The lowest BCUT2D eigenvalue weighted by atomic mass is 10.0. The third kappa shape index (κ3) is 5.23. The Bertz CT molecular complexity index is 1150. The van der Waals surface area contributed by atoms with Crippen molar-refractivity contribution in [2.75, 3.05) is 26.2 Å². The second-order valence-corrected chi connectivity index (χ2v) is 12.0. The van der Waals surface area contributed by atoms with E-state index in [1.165, 1.54) is 4.31 Å². The zero-order valence-corrected chi connectivity index (χ0v) is 22.8. The van der Waals surface area contributed by atoms with Gasteiger partial charge in [-0.05, 0) is 81.7 Å². The highest BCUT2D eigenvalue weighted by Gasteiger charge is 2.33. The van der Waals surface area contributed by atoms with Crippen LogP contribution < -0.4 is 0 Å². The number of carbonyl (C=O) groups excluding carboxylic acids is 1. The third-order valence-electron chi connectivity index (χ3n) is 7.14. The monoisotopic (exact) mass is 488 g/mol. The SMILES string of the molecule is Cc1cc(C)c(C)c(S(=O)(=O)N2CCN(C(=O)CCc3c(C)nn(CC(C)C)c3C)CC2)c1C. The zero-order chi connectivity index (χ0) is 25.4. The van der Waals surface area contributed by atoms with E-state index >= 15 is 0 Å². The average molecular weight is 489 g/mol. The highest BCUT2D eigenvalue weighted by Crippen LogP contribution is 2.29. The fraction of sp³-hybridized carbons (Fsp3) is 0.615. The van der Waals surface area contributed by atoms with Gasteiger partial charge in [-0.1, -0.05) is 19.9 Å². The molecule has 7 nitrogen and oxygen atoms in total. The fourth-order valence-corrected chi connectivity index (χ4v) is 6.88. The smallest absolute Gasteiger partial charge is 0.243 e. The summed E-state index contributed by atoms with van der Waals surface area (Å²) in [6.07, 6.45) is 1.07. The normalized spacial score (nSPS) is 15.4. The molecule has 2 heterocycles. The summed E-state index contributed by atoms with van der Waals surface area (Å²) in [6, 6.07) is 2.04. The number of amides is 1. The minimum atomic E-state index is -3.61. The largest absolute Gasteiger partial charge is 0.340 e. The number of rotatable bonds is 7. The van der Waals surface area contributed by atoms with Crippen LogP contribution >= 0.6 is 0 Å². The molecule has 0 bridgehead atoms. The lowest BCUT2D eigenvalue weighted by Crippen LogP contribution is -2.50. The lowest BCUT2D eigenvalue weighted by molar-refractivity contribution is -0.132. The Morgan fingerprint density at radius 1 is 0.971 bits per heavy atom. The summed E-state index contributed by atoms with van der Waals surface area (Å²) in [5.74, 6) is 0.586. The Balaban J connectivity index is 1.65. The third-order valence-corrected chi connectivity index (χ3v) is 9.32. The van der Waals surface area contributed by atoms with Crippen LogP contribution in [-0.2, 0) is 27.8 Å². The molecule has 1 amide bonds. The van der Waals surface area contributed by atoms with Crippen LogP contribution in [0.25, 0.3) is 0 Å². The second-order valence-electron chi connectivity index (χ2n) is 10.1. The highest BCUT2D eigenvalue weighted by atomic mass is 32.2. The van der Waals surface area contributed by atoms with E-state index in [2.05, 4.69) is 25.9 Å². The second kappa shape index (κ2) is 10.2. The molecule has 3 rings (SSSR count). The van der Waals surface area contributed by atoms with Gasteiger partial charge in [0.15, 0.2) is 0 Å². The van der Waals surface area contributed by atoms with Gasteiger partial charge in [-0.15, -0.1) is 0 Å². The first kappa shape index (κ1) is 26.4. The molecule has 0 atom stereocenters. The van der Waals surface area contributed by atoms with Gasteiger partial charge in [0.1, 0.15) is 0 Å². The van der Waals surface area contributed by atoms with E-state index < -0.39 is 10.0 Å². The topological polar surface area (TPSA) is 75.5 Å². The maximum absolute atomic E-state index is 13.5. The van der Waals surface area contributed by atoms with Crippen LogP contribution in [0.15, 0.2) is 11.0 Å². The van der Waals surface area contributed by atoms with E-state index in [4.69, 9.17) is 0 Å². The highest BCUT2D eigenvalue weighted by molar-refractivity contribution is 7.89. The number of piperazine rings is 1. The van der Waals surface area contributed by atoms with Gasteiger partial charge < -0.3 is 4.90 Å². The molecule has 188 valence electrons. The van der Waals surface area contributed by atoms with Crippen molar-refractivity contribution < 1.29 is 13.2 Å². The summed E-state index contributed by atoms with van der Waals surface area (Å²) in [5, 5.41) is 4.65. The molecule has 0 N–H and O–H groups in total. The van der Waals surface area contributed by atoms with Crippen LogP contribution in [0.2, 0.25) is 0 Å². The first-order chi connectivity index (χ1) is 15.8. The van der Waals surface area contributed by atoms with Crippen molar-refractivity contribution in [1.82, 2.24) is 19.0 Å². The van der Waals surface area contributed by atoms with Gasteiger partial charge in [0.2, 0.25) is 15.9 Å². The molecule has 1 aromatic heterocycles. The quantitative estimate of drug-likeness (QED) is 0.593. The number of aromatic nitrogens is 2. The molecule has 1 aromatic carbocycles. The van der Waals surface area contributed by atoms with E-state index in [0.29, 0.717) is 49.8 Å². The van der Waals surface area contributed by atoms with Crippen LogP contribution in [0.5, 0.6) is 0 Å². The Morgan fingerprint density at radius 2 is 1.53 bits per heavy atom. The van der Waals surface area contributed by atoms with Crippen LogP contribution in [-0.4, -0.2) is 59.5 Å². The Labute approximate surface area is 205 Å². The average Bonchev–Trinajstić information content (AvgIpc) is 3.02. The number of nitrogens with zero attached hydrogens (tertiary/aromatic N) is 4. The first-order valence-electron chi connectivity index (χ1n) is 12.2. The van der Waals surface area contributed by atoms with Crippen molar-refractivity contribution in [3.8, 4) is 0 Å². The van der Waals surface area contributed by atoms with Gasteiger partial charge in [0.25, 0.3) is 0 Å². The molecule has 34 heavy (non-hydrogen) atoms. The summed E-state index contributed by atoms with van der Waals surface area (Å²) in [4.78, 5) is 15.2. The molecule has 0 saturated carbocycles. The van der Waals surface area contributed by atoms with Gasteiger partial charge in [-0.2, -0.15) is 9.40 Å². The number of carbonyl (C=O) groups is 1. The van der Waals surface area contributed by atoms with Crippen molar-refractivity contribution in [2.24, 2.45) is 5.92 Å². The van der Waals surface area contributed by atoms with Crippen LogP contribution in [0, 0.1) is 47.5 Å².